The molecule has 2 N–H and O–H groups in total. The molecule has 0 atom stereocenters. The molecule has 0 heterocycles. The van der Waals surface area contributed by atoms with E-state index in [1.165, 1.54) is 32.1 Å². The first kappa shape index (κ1) is 19.6. The van der Waals surface area contributed by atoms with Crippen LogP contribution in [0.4, 0.5) is 0 Å². The fourth-order valence-electron chi connectivity index (χ4n) is 1.94. The quantitative estimate of drug-likeness (QED) is 0.259. The molecule has 0 aromatic heterocycles. The lowest BCUT2D eigenvalue weighted by molar-refractivity contribution is -0.129. The Balaban J connectivity index is 3.27. The van der Waals surface area contributed by atoms with Crippen LogP contribution in [0, 0.1) is 23.7 Å². The molecule has 0 spiro atoms. The highest BCUT2D eigenvalue weighted by Crippen LogP contribution is 2.08. The Hall–Kier alpha value is -1.45. The Kier molecular flexibility index (Phi) is 15.5. The summed E-state index contributed by atoms with van der Waals surface area (Å²) in [7, 11) is 0. The van der Waals surface area contributed by atoms with Crippen LogP contribution in [-0.2, 0) is 4.79 Å². The molecule has 0 aromatic rings. The van der Waals surface area contributed by atoms with Gasteiger partial charge in [-0.3, -0.25) is 10.0 Å². The van der Waals surface area contributed by atoms with E-state index in [-0.39, 0.29) is 5.91 Å². The molecule has 0 rings (SSSR count). The lowest BCUT2D eigenvalue weighted by atomic mass is 10.1. The van der Waals surface area contributed by atoms with Crippen molar-refractivity contribution in [2.45, 2.75) is 84.0 Å². The topological polar surface area (TPSA) is 49.3 Å². The summed E-state index contributed by atoms with van der Waals surface area (Å²) in [5.74, 6) is 11.7. The van der Waals surface area contributed by atoms with Gasteiger partial charge in [0.15, 0.2) is 0 Å². The minimum Gasteiger partial charge on any atom is -0.289 e. The van der Waals surface area contributed by atoms with E-state index in [9.17, 15) is 4.79 Å². The summed E-state index contributed by atoms with van der Waals surface area (Å²) in [4.78, 5) is 10.8. The van der Waals surface area contributed by atoms with Crippen molar-refractivity contribution in [2.75, 3.05) is 0 Å². The van der Waals surface area contributed by atoms with Crippen LogP contribution >= 0.6 is 0 Å². The van der Waals surface area contributed by atoms with Crippen molar-refractivity contribution in [3.05, 3.63) is 0 Å². The number of unbranched alkanes of at least 4 members (excludes halogenated alkanes) is 9. The van der Waals surface area contributed by atoms with Crippen molar-refractivity contribution >= 4 is 5.91 Å². The van der Waals surface area contributed by atoms with Gasteiger partial charge in [-0.2, -0.15) is 0 Å². The lowest BCUT2D eigenvalue weighted by Gasteiger charge is -2.00. The van der Waals surface area contributed by atoms with Gasteiger partial charge < -0.3 is 0 Å². The largest absolute Gasteiger partial charge is 0.289 e. The monoisotopic (exact) mass is 291 g/mol. The summed E-state index contributed by atoms with van der Waals surface area (Å²) in [6.07, 6.45) is 12.5. The van der Waals surface area contributed by atoms with Crippen molar-refractivity contribution < 1.29 is 10.0 Å². The molecule has 1 amide bonds. The lowest BCUT2D eigenvalue weighted by Crippen LogP contribution is -2.17. The SMILES string of the molecule is CCCCCC#CC#CCCCCCCCCC(=O)NO. The van der Waals surface area contributed by atoms with Gasteiger partial charge in [0.2, 0.25) is 5.91 Å². The molecule has 0 saturated carbocycles. The molecule has 0 aliphatic carbocycles. The van der Waals surface area contributed by atoms with Crippen molar-refractivity contribution in [3.63, 3.8) is 0 Å². The second-order valence-corrected chi connectivity index (χ2v) is 5.22. The van der Waals surface area contributed by atoms with Crippen LogP contribution in [0.2, 0.25) is 0 Å². The second-order valence-electron chi connectivity index (χ2n) is 5.22. The Morgan fingerprint density at radius 3 is 1.95 bits per heavy atom. The molecule has 0 fully saturated rings. The van der Waals surface area contributed by atoms with Crippen LogP contribution in [0.5, 0.6) is 0 Å². The van der Waals surface area contributed by atoms with Crippen molar-refractivity contribution in [2.24, 2.45) is 0 Å². The van der Waals surface area contributed by atoms with E-state index in [4.69, 9.17) is 5.21 Å². The number of carbonyl (C=O) groups is 1. The van der Waals surface area contributed by atoms with Crippen molar-refractivity contribution in [1.29, 1.82) is 0 Å². The summed E-state index contributed by atoms with van der Waals surface area (Å²) in [6, 6.07) is 0. The minimum atomic E-state index is -0.291. The first-order chi connectivity index (χ1) is 10.3. The molecule has 0 aromatic carbocycles. The van der Waals surface area contributed by atoms with Crippen LogP contribution in [0.15, 0.2) is 0 Å². The van der Waals surface area contributed by atoms with Crippen LogP contribution < -0.4 is 5.48 Å². The third-order valence-corrected chi connectivity index (χ3v) is 3.22. The van der Waals surface area contributed by atoms with Crippen LogP contribution in [0.1, 0.15) is 84.0 Å². The molecule has 0 aliphatic rings. The summed E-state index contributed by atoms with van der Waals surface area (Å²) < 4.78 is 0. The average Bonchev–Trinajstić information content (AvgIpc) is 2.50. The molecule has 3 heteroatoms. The summed E-state index contributed by atoms with van der Waals surface area (Å²) >= 11 is 0. The third kappa shape index (κ3) is 16.5. The highest BCUT2D eigenvalue weighted by molar-refractivity contribution is 5.74. The zero-order chi connectivity index (χ0) is 15.6. The summed E-state index contributed by atoms with van der Waals surface area (Å²) in [5, 5.41) is 8.33. The Morgan fingerprint density at radius 2 is 1.38 bits per heavy atom. The van der Waals surface area contributed by atoms with Crippen LogP contribution in [-0.4, -0.2) is 11.1 Å². The highest BCUT2D eigenvalue weighted by atomic mass is 16.5. The maximum atomic E-state index is 10.8. The number of hydroxylamine groups is 1. The number of hydrogen-bond acceptors (Lipinski definition) is 2. The molecule has 0 saturated heterocycles. The normalized spacial score (nSPS) is 9.24. The number of rotatable bonds is 11. The van der Waals surface area contributed by atoms with Gasteiger partial charge in [0, 0.05) is 19.3 Å². The van der Waals surface area contributed by atoms with E-state index in [2.05, 4.69) is 30.6 Å². The summed E-state index contributed by atoms with van der Waals surface area (Å²) in [5.41, 5.74) is 1.65. The highest BCUT2D eigenvalue weighted by Gasteiger charge is 1.97. The summed E-state index contributed by atoms with van der Waals surface area (Å²) in [6.45, 7) is 2.19. The zero-order valence-corrected chi connectivity index (χ0v) is 13.3. The second kappa shape index (κ2) is 16.6. The Labute approximate surface area is 129 Å². The molecular weight excluding hydrogens is 262 g/mol. The first-order valence-corrected chi connectivity index (χ1v) is 8.20. The standard InChI is InChI=1S/C18H29NO2/c1-2-3-4-5-6-7-8-9-10-11-12-13-14-15-16-17-18(20)19-21/h21H,2-5,10-17H2,1H3,(H,19,20). The smallest absolute Gasteiger partial charge is 0.243 e. The number of carbonyl (C=O) groups excluding carboxylic acids is 1. The van der Waals surface area contributed by atoms with E-state index < -0.39 is 0 Å². The Morgan fingerprint density at radius 1 is 0.857 bits per heavy atom. The Bertz CT molecular complexity index is 368. The van der Waals surface area contributed by atoms with Gasteiger partial charge in [0.25, 0.3) is 0 Å². The molecule has 0 aliphatic heterocycles. The van der Waals surface area contributed by atoms with Gasteiger partial charge in [0.05, 0.1) is 0 Å². The molecule has 3 nitrogen and oxygen atoms in total. The maximum Gasteiger partial charge on any atom is 0.243 e. The van der Waals surface area contributed by atoms with Crippen LogP contribution in [0.3, 0.4) is 0 Å². The fourth-order valence-corrected chi connectivity index (χ4v) is 1.94. The van der Waals surface area contributed by atoms with E-state index >= 15 is 0 Å². The van der Waals surface area contributed by atoms with Gasteiger partial charge in [-0.05, 0) is 31.1 Å². The van der Waals surface area contributed by atoms with E-state index in [1.54, 1.807) is 5.48 Å². The fraction of sp³-hybridized carbons (Fsp3) is 0.722. The van der Waals surface area contributed by atoms with Gasteiger partial charge in [-0.25, -0.2) is 5.48 Å². The van der Waals surface area contributed by atoms with Crippen LogP contribution in [0.25, 0.3) is 0 Å². The molecule has 0 unspecified atom stereocenters. The minimum absolute atomic E-state index is 0.291. The number of hydrogen-bond donors (Lipinski definition) is 2. The molecule has 21 heavy (non-hydrogen) atoms. The van der Waals surface area contributed by atoms with Gasteiger partial charge >= 0.3 is 0 Å². The van der Waals surface area contributed by atoms with Gasteiger partial charge in [0.1, 0.15) is 0 Å². The van der Waals surface area contributed by atoms with E-state index in [0.29, 0.717) is 6.42 Å². The van der Waals surface area contributed by atoms with E-state index in [1.807, 2.05) is 0 Å². The third-order valence-electron chi connectivity index (χ3n) is 3.22. The predicted molar refractivity (Wildman–Crippen MR) is 86.6 cm³/mol. The average molecular weight is 291 g/mol. The zero-order valence-electron chi connectivity index (χ0n) is 13.3. The number of nitrogens with one attached hydrogen (secondary N) is 1. The van der Waals surface area contributed by atoms with Crippen molar-refractivity contribution in [3.8, 4) is 23.7 Å². The molecule has 0 radical (unpaired) electrons. The maximum absolute atomic E-state index is 10.8. The number of amides is 1. The first-order valence-electron chi connectivity index (χ1n) is 8.20. The van der Waals surface area contributed by atoms with Gasteiger partial charge in [-0.1, -0.05) is 57.3 Å². The molecule has 0 bridgehead atoms. The molecular formula is C18H29NO2. The van der Waals surface area contributed by atoms with E-state index in [0.717, 1.165) is 38.5 Å². The molecule has 118 valence electrons. The van der Waals surface area contributed by atoms with Gasteiger partial charge in [-0.15, -0.1) is 0 Å². The van der Waals surface area contributed by atoms with Crippen molar-refractivity contribution in [1.82, 2.24) is 5.48 Å². The predicted octanol–water partition coefficient (Wildman–Crippen LogP) is 4.20.